The Morgan fingerprint density at radius 3 is 2.59 bits per heavy atom. The Balaban J connectivity index is 1.49. The molecule has 1 saturated heterocycles. The average molecular weight is 478 g/mol. The maximum Gasteiger partial charge on any atom is 0.324 e. The summed E-state index contributed by atoms with van der Waals surface area (Å²) in [5, 5.41) is 4.91. The lowest BCUT2D eigenvalue weighted by atomic mass is 10.0. The third-order valence-electron chi connectivity index (χ3n) is 6.00. The Morgan fingerprint density at radius 2 is 1.91 bits per heavy atom. The number of hydrogen-bond donors (Lipinski definition) is 1. The van der Waals surface area contributed by atoms with Crippen molar-refractivity contribution in [3.05, 3.63) is 76.0 Å². The minimum atomic E-state index is -0.0880. The summed E-state index contributed by atoms with van der Waals surface area (Å²) in [5.41, 5.74) is 3.71. The molecule has 0 radical (unpaired) electrons. The molecule has 178 valence electrons. The number of amides is 3. The van der Waals surface area contributed by atoms with Crippen LogP contribution < -0.4 is 15.0 Å². The van der Waals surface area contributed by atoms with Gasteiger partial charge in [0.15, 0.2) is 0 Å². The Labute approximate surface area is 205 Å². The molecule has 2 heterocycles. The molecule has 0 saturated carbocycles. The van der Waals surface area contributed by atoms with Crippen molar-refractivity contribution in [3.63, 3.8) is 0 Å². The number of rotatable bonds is 8. The first-order valence-electron chi connectivity index (χ1n) is 11.6. The lowest BCUT2D eigenvalue weighted by Crippen LogP contribution is -2.49. The highest BCUT2D eigenvalue weighted by molar-refractivity contribution is 7.10. The molecule has 0 aliphatic carbocycles. The number of thiophene rings is 1. The number of nitrogens with zero attached hydrogens (tertiary/aromatic N) is 2. The zero-order valence-corrected chi connectivity index (χ0v) is 20.7. The molecule has 6 nitrogen and oxygen atoms in total. The van der Waals surface area contributed by atoms with Crippen molar-refractivity contribution < 1.29 is 14.3 Å². The number of hydrogen-bond acceptors (Lipinski definition) is 4. The van der Waals surface area contributed by atoms with Crippen molar-refractivity contribution in [1.29, 1.82) is 0 Å². The van der Waals surface area contributed by atoms with Crippen molar-refractivity contribution in [2.24, 2.45) is 0 Å². The number of carbonyl (C=O) groups excluding carboxylic acids is 2. The number of urea groups is 1. The number of ether oxygens (including phenoxy) is 1. The van der Waals surface area contributed by atoms with Crippen LogP contribution in [0.15, 0.2) is 60.0 Å². The van der Waals surface area contributed by atoms with Gasteiger partial charge in [0.1, 0.15) is 5.75 Å². The van der Waals surface area contributed by atoms with Gasteiger partial charge in [-0.2, -0.15) is 0 Å². The van der Waals surface area contributed by atoms with Crippen molar-refractivity contribution in [2.45, 2.75) is 39.2 Å². The summed E-state index contributed by atoms with van der Waals surface area (Å²) in [6.45, 7) is 6.22. The molecule has 4 rings (SSSR count). The van der Waals surface area contributed by atoms with E-state index in [9.17, 15) is 9.59 Å². The van der Waals surface area contributed by atoms with Gasteiger partial charge in [-0.15, -0.1) is 11.3 Å². The lowest BCUT2D eigenvalue weighted by Gasteiger charge is -2.36. The summed E-state index contributed by atoms with van der Waals surface area (Å²) >= 11 is 1.56. The minimum Gasteiger partial charge on any atom is -0.495 e. The highest BCUT2D eigenvalue weighted by Gasteiger charge is 2.29. The van der Waals surface area contributed by atoms with Gasteiger partial charge in [0.2, 0.25) is 5.91 Å². The molecule has 1 N–H and O–H groups in total. The summed E-state index contributed by atoms with van der Waals surface area (Å²) < 4.78 is 5.56. The standard InChI is InChI=1S/C27H31N3O3S/c1-19(2)21-9-7-20(8-10-21)18-29-13-5-14-30(27(29)32)24-16-22(11-12-25(24)33-3)28-26(31)17-23-6-4-15-34-23/h4,6-12,15-16,19H,5,13-14,17-18H2,1-3H3,(H,28,31). The van der Waals surface area contributed by atoms with Crippen molar-refractivity contribution >= 4 is 34.6 Å². The van der Waals surface area contributed by atoms with Crippen molar-refractivity contribution in [3.8, 4) is 5.75 Å². The van der Waals surface area contributed by atoms with Crippen molar-refractivity contribution in [1.82, 2.24) is 4.90 Å². The summed E-state index contributed by atoms with van der Waals surface area (Å²) in [6.07, 6.45) is 1.18. The third-order valence-corrected chi connectivity index (χ3v) is 6.88. The second kappa shape index (κ2) is 10.7. The molecule has 7 heteroatoms. The molecular formula is C27H31N3O3S. The van der Waals surface area contributed by atoms with Crippen LogP contribution in [-0.4, -0.2) is 37.0 Å². The van der Waals surface area contributed by atoms with Gasteiger partial charge >= 0.3 is 6.03 Å². The smallest absolute Gasteiger partial charge is 0.324 e. The molecule has 1 fully saturated rings. The Morgan fingerprint density at radius 1 is 1.12 bits per heavy atom. The zero-order chi connectivity index (χ0) is 24.1. The van der Waals surface area contributed by atoms with Gasteiger partial charge in [-0.3, -0.25) is 9.69 Å². The van der Waals surface area contributed by atoms with Gasteiger partial charge in [-0.1, -0.05) is 44.2 Å². The van der Waals surface area contributed by atoms with Gasteiger partial charge < -0.3 is 15.0 Å². The van der Waals surface area contributed by atoms with Crippen LogP contribution in [0, 0.1) is 0 Å². The van der Waals surface area contributed by atoms with Gasteiger partial charge in [0.25, 0.3) is 0 Å². The Hall–Kier alpha value is -3.32. The van der Waals surface area contributed by atoms with Crippen LogP contribution in [-0.2, 0) is 17.8 Å². The first-order chi connectivity index (χ1) is 16.4. The van der Waals surface area contributed by atoms with E-state index in [1.54, 1.807) is 35.5 Å². The fourth-order valence-corrected chi connectivity index (χ4v) is 4.84. The summed E-state index contributed by atoms with van der Waals surface area (Å²) in [7, 11) is 1.59. The molecule has 0 spiro atoms. The maximum absolute atomic E-state index is 13.4. The molecule has 0 unspecified atom stereocenters. The van der Waals surface area contributed by atoms with E-state index < -0.39 is 0 Å². The summed E-state index contributed by atoms with van der Waals surface area (Å²) in [4.78, 5) is 30.5. The quantitative estimate of drug-likeness (QED) is 0.440. The Kier molecular flexibility index (Phi) is 7.53. The summed E-state index contributed by atoms with van der Waals surface area (Å²) in [5.74, 6) is 0.995. The fourth-order valence-electron chi connectivity index (χ4n) is 4.14. The molecule has 34 heavy (non-hydrogen) atoms. The predicted molar refractivity (Wildman–Crippen MR) is 138 cm³/mol. The molecule has 0 bridgehead atoms. The van der Waals surface area contributed by atoms with Gasteiger partial charge in [0.05, 0.1) is 19.2 Å². The molecule has 0 atom stereocenters. The number of nitrogens with one attached hydrogen (secondary N) is 1. The van der Waals surface area contributed by atoms with Crippen molar-refractivity contribution in [2.75, 3.05) is 30.4 Å². The van der Waals surface area contributed by atoms with Gasteiger partial charge in [-0.25, -0.2) is 4.79 Å². The van der Waals surface area contributed by atoms with Crippen LogP contribution in [0.4, 0.5) is 16.2 Å². The summed E-state index contributed by atoms with van der Waals surface area (Å²) in [6, 6.07) is 17.7. The van der Waals surface area contributed by atoms with Gasteiger partial charge in [-0.05, 0) is 53.1 Å². The number of anilines is 2. The number of benzene rings is 2. The van der Waals surface area contributed by atoms with Gasteiger partial charge in [0, 0.05) is 30.2 Å². The van der Waals surface area contributed by atoms with Crippen LogP contribution in [0.2, 0.25) is 0 Å². The van der Waals surface area contributed by atoms with E-state index in [1.165, 1.54) is 5.56 Å². The molecule has 1 aromatic heterocycles. The lowest BCUT2D eigenvalue weighted by molar-refractivity contribution is -0.115. The highest BCUT2D eigenvalue weighted by atomic mass is 32.1. The molecular weight excluding hydrogens is 446 g/mol. The largest absolute Gasteiger partial charge is 0.495 e. The second-order valence-corrected chi connectivity index (χ2v) is 9.83. The van der Waals surface area contributed by atoms with Crippen LogP contribution in [0.1, 0.15) is 42.2 Å². The van der Waals surface area contributed by atoms with E-state index in [0.29, 0.717) is 49.1 Å². The zero-order valence-electron chi connectivity index (χ0n) is 19.9. The van der Waals surface area contributed by atoms with Crippen LogP contribution in [0.25, 0.3) is 0 Å². The predicted octanol–water partition coefficient (Wildman–Crippen LogP) is 5.89. The van der Waals surface area contributed by atoms with E-state index in [-0.39, 0.29) is 11.9 Å². The SMILES string of the molecule is COc1ccc(NC(=O)Cc2cccs2)cc1N1CCCN(Cc2ccc(C(C)C)cc2)C1=O. The molecule has 3 aromatic rings. The maximum atomic E-state index is 13.4. The molecule has 3 amide bonds. The van der Waals surface area contributed by atoms with E-state index >= 15 is 0 Å². The first-order valence-corrected chi connectivity index (χ1v) is 12.5. The van der Waals surface area contributed by atoms with E-state index in [2.05, 4.69) is 43.4 Å². The van der Waals surface area contributed by atoms with Crippen LogP contribution in [0.3, 0.4) is 0 Å². The van der Waals surface area contributed by atoms with Crippen LogP contribution >= 0.6 is 11.3 Å². The highest BCUT2D eigenvalue weighted by Crippen LogP contribution is 2.34. The molecule has 1 aliphatic heterocycles. The molecule has 1 aliphatic rings. The normalized spacial score (nSPS) is 13.9. The van der Waals surface area contributed by atoms with E-state index in [4.69, 9.17) is 4.74 Å². The first kappa shape index (κ1) is 23.8. The van der Waals surface area contributed by atoms with E-state index in [1.807, 2.05) is 28.5 Å². The number of carbonyl (C=O) groups is 2. The third kappa shape index (κ3) is 5.59. The average Bonchev–Trinajstić information content (AvgIpc) is 3.33. The van der Waals surface area contributed by atoms with E-state index in [0.717, 1.165) is 16.9 Å². The number of methoxy groups -OCH3 is 1. The second-order valence-electron chi connectivity index (χ2n) is 8.80. The van der Waals surface area contributed by atoms with Crippen LogP contribution in [0.5, 0.6) is 5.75 Å². The minimum absolute atomic E-state index is 0.0560. The monoisotopic (exact) mass is 477 g/mol. The fraction of sp³-hybridized carbons (Fsp3) is 0.333. The Bertz CT molecular complexity index is 1130. The topological polar surface area (TPSA) is 61.9 Å². The molecule has 2 aromatic carbocycles.